The van der Waals surface area contributed by atoms with Crippen molar-refractivity contribution in [2.45, 2.75) is 26.2 Å². The Balaban J connectivity index is 1.07. The lowest BCUT2D eigenvalue weighted by Crippen LogP contribution is -2.15. The van der Waals surface area contributed by atoms with Gasteiger partial charge in [0.1, 0.15) is 5.52 Å². The monoisotopic (exact) mass is 723 g/mol. The van der Waals surface area contributed by atoms with Gasteiger partial charge < -0.3 is 8.98 Å². The molecule has 0 bridgehead atoms. The molecule has 6 nitrogen and oxygen atoms in total. The van der Waals surface area contributed by atoms with E-state index in [9.17, 15) is 0 Å². The highest BCUT2D eigenvalue weighted by Crippen LogP contribution is 2.50. The molecule has 56 heavy (non-hydrogen) atoms. The third-order valence-corrected chi connectivity index (χ3v) is 11.1. The van der Waals surface area contributed by atoms with Crippen molar-refractivity contribution in [2.24, 2.45) is 0 Å². The SMILES string of the molecule is C=C/C=C\c1c(C)c2cc3c(cc2n1-c1cccc(-c2nc4ccc(-c5nc(-c6ccccc6)nc(-c6ccccc6)n5)cc4o2)c1)C(C)(C)c1ccccc1-3. The molecule has 0 atom stereocenters. The number of aryl methyl sites for hydroxylation is 1. The lowest BCUT2D eigenvalue weighted by Gasteiger charge is -2.21. The number of hydrogen-bond acceptors (Lipinski definition) is 5. The Bertz CT molecular complexity index is 2970. The molecule has 6 heteroatoms. The minimum Gasteiger partial charge on any atom is -0.436 e. The van der Waals surface area contributed by atoms with E-state index in [0.29, 0.717) is 28.9 Å². The number of oxazole rings is 1. The third kappa shape index (κ3) is 5.41. The van der Waals surface area contributed by atoms with Crippen LogP contribution in [0.5, 0.6) is 0 Å². The van der Waals surface area contributed by atoms with E-state index in [-0.39, 0.29) is 5.41 Å². The van der Waals surface area contributed by atoms with Crippen molar-refractivity contribution in [2.75, 3.05) is 0 Å². The van der Waals surface area contributed by atoms with Gasteiger partial charge in [-0.1, -0.05) is 124 Å². The number of benzene rings is 6. The number of nitrogens with zero attached hydrogens (tertiary/aromatic N) is 5. The van der Waals surface area contributed by atoms with E-state index in [1.165, 1.54) is 33.2 Å². The molecule has 0 unspecified atom stereocenters. The van der Waals surface area contributed by atoms with Crippen LogP contribution in [0.15, 0.2) is 163 Å². The lowest BCUT2D eigenvalue weighted by molar-refractivity contribution is 0.620. The smallest absolute Gasteiger partial charge is 0.227 e. The van der Waals surface area contributed by atoms with Crippen LogP contribution in [0.2, 0.25) is 0 Å². The minimum atomic E-state index is -0.118. The fourth-order valence-electron chi connectivity index (χ4n) is 8.20. The van der Waals surface area contributed by atoms with Crippen molar-refractivity contribution < 1.29 is 4.42 Å². The molecule has 0 saturated carbocycles. The van der Waals surface area contributed by atoms with Gasteiger partial charge in [-0.3, -0.25) is 0 Å². The summed E-state index contributed by atoms with van der Waals surface area (Å²) in [6.07, 6.45) is 5.98. The second kappa shape index (κ2) is 13.0. The summed E-state index contributed by atoms with van der Waals surface area (Å²) in [6.45, 7) is 10.8. The summed E-state index contributed by atoms with van der Waals surface area (Å²) >= 11 is 0. The molecule has 9 aromatic rings. The van der Waals surface area contributed by atoms with Crippen molar-refractivity contribution in [1.29, 1.82) is 0 Å². The fraction of sp³-hybridized carbons (Fsp3) is 0.0800. The molecule has 1 aliphatic carbocycles. The zero-order chi connectivity index (χ0) is 38.0. The van der Waals surface area contributed by atoms with Crippen LogP contribution in [-0.4, -0.2) is 24.5 Å². The summed E-state index contributed by atoms with van der Waals surface area (Å²) in [5.41, 5.74) is 14.6. The zero-order valence-electron chi connectivity index (χ0n) is 31.4. The molecule has 0 aliphatic heterocycles. The van der Waals surface area contributed by atoms with Crippen LogP contribution in [0, 0.1) is 6.92 Å². The van der Waals surface area contributed by atoms with E-state index in [4.69, 9.17) is 24.4 Å². The first kappa shape index (κ1) is 33.4. The predicted octanol–water partition coefficient (Wildman–Crippen LogP) is 12.4. The first-order valence-corrected chi connectivity index (χ1v) is 18.8. The van der Waals surface area contributed by atoms with E-state index < -0.39 is 0 Å². The Kier molecular flexibility index (Phi) is 7.75. The molecule has 0 saturated heterocycles. The van der Waals surface area contributed by atoms with Crippen LogP contribution in [-0.2, 0) is 5.41 Å². The van der Waals surface area contributed by atoms with Gasteiger partial charge >= 0.3 is 0 Å². The molecule has 3 heterocycles. The number of aromatic nitrogens is 5. The third-order valence-electron chi connectivity index (χ3n) is 11.1. The topological polar surface area (TPSA) is 69.6 Å². The average Bonchev–Trinajstić information content (AvgIpc) is 3.87. The minimum absolute atomic E-state index is 0.118. The van der Waals surface area contributed by atoms with Gasteiger partial charge in [-0.2, -0.15) is 0 Å². The molecule has 268 valence electrons. The van der Waals surface area contributed by atoms with Crippen molar-refractivity contribution in [3.8, 4) is 62.4 Å². The van der Waals surface area contributed by atoms with Crippen molar-refractivity contribution >= 4 is 28.1 Å². The van der Waals surface area contributed by atoms with Crippen molar-refractivity contribution in [3.05, 3.63) is 181 Å². The second-order valence-corrected chi connectivity index (χ2v) is 14.8. The van der Waals surface area contributed by atoms with Crippen LogP contribution < -0.4 is 0 Å². The fourth-order valence-corrected chi connectivity index (χ4v) is 8.20. The molecule has 0 radical (unpaired) electrons. The van der Waals surface area contributed by atoms with Gasteiger partial charge in [0.15, 0.2) is 23.1 Å². The average molecular weight is 724 g/mol. The van der Waals surface area contributed by atoms with Crippen LogP contribution >= 0.6 is 0 Å². The summed E-state index contributed by atoms with van der Waals surface area (Å²) in [5, 5.41) is 1.23. The van der Waals surface area contributed by atoms with Gasteiger partial charge in [0, 0.05) is 44.4 Å². The van der Waals surface area contributed by atoms with Gasteiger partial charge in [-0.15, -0.1) is 0 Å². The van der Waals surface area contributed by atoms with Gasteiger partial charge in [0.25, 0.3) is 0 Å². The molecule has 10 rings (SSSR count). The molecule has 3 aromatic heterocycles. The zero-order valence-corrected chi connectivity index (χ0v) is 31.4. The van der Waals surface area contributed by atoms with Gasteiger partial charge in [0.2, 0.25) is 5.89 Å². The van der Waals surface area contributed by atoms with Gasteiger partial charge in [-0.25, -0.2) is 19.9 Å². The second-order valence-electron chi connectivity index (χ2n) is 14.8. The molecule has 0 spiro atoms. The number of allylic oxidation sites excluding steroid dienone is 2. The molecular formula is C50H37N5O. The summed E-state index contributed by atoms with van der Waals surface area (Å²) in [6, 6.07) is 47.9. The van der Waals surface area contributed by atoms with E-state index in [1.807, 2.05) is 91.0 Å². The number of fused-ring (bicyclic) bond motifs is 5. The highest BCUT2D eigenvalue weighted by Gasteiger charge is 2.36. The summed E-state index contributed by atoms with van der Waals surface area (Å²) in [4.78, 5) is 19.6. The Hall–Kier alpha value is -7.18. The van der Waals surface area contributed by atoms with Crippen LogP contribution in [0.25, 0.3) is 90.5 Å². The first-order valence-electron chi connectivity index (χ1n) is 18.8. The molecule has 0 amide bonds. The summed E-state index contributed by atoms with van der Waals surface area (Å²) in [7, 11) is 0. The largest absolute Gasteiger partial charge is 0.436 e. The Morgan fingerprint density at radius 1 is 0.607 bits per heavy atom. The Labute approximate surface area is 325 Å². The van der Waals surface area contributed by atoms with Crippen molar-refractivity contribution in [1.82, 2.24) is 24.5 Å². The maximum atomic E-state index is 6.53. The van der Waals surface area contributed by atoms with Gasteiger partial charge in [-0.05, 0) is 89.3 Å². The maximum Gasteiger partial charge on any atom is 0.227 e. The van der Waals surface area contributed by atoms with E-state index in [1.54, 1.807) is 0 Å². The Morgan fingerprint density at radius 2 is 1.27 bits per heavy atom. The van der Waals surface area contributed by atoms with E-state index in [0.717, 1.165) is 44.7 Å². The standard InChI is InChI=1S/C50H37N5O/c1-5-6-24-43-31(2)38-29-39-37-22-13-14-23-40(37)50(3,4)41(39)30-44(38)55(43)36-21-15-20-35(27-36)49-51-42-26-25-34(28-45(42)56-49)48-53-46(32-16-9-7-10-17-32)52-47(54-48)33-18-11-8-12-19-33/h5-30H,1H2,2-4H3/b24-6-. The van der Waals surface area contributed by atoms with E-state index >= 15 is 0 Å². The molecule has 1 aliphatic rings. The summed E-state index contributed by atoms with van der Waals surface area (Å²) in [5.74, 6) is 2.32. The Morgan fingerprint density at radius 3 is 1.98 bits per heavy atom. The van der Waals surface area contributed by atoms with E-state index in [2.05, 4.69) is 98.7 Å². The van der Waals surface area contributed by atoms with Crippen molar-refractivity contribution in [3.63, 3.8) is 0 Å². The molecule has 6 aromatic carbocycles. The highest BCUT2D eigenvalue weighted by atomic mass is 16.3. The van der Waals surface area contributed by atoms with Gasteiger partial charge in [0.05, 0.1) is 5.52 Å². The molecule has 0 fully saturated rings. The normalized spacial score (nSPS) is 13.1. The maximum absolute atomic E-state index is 6.53. The van der Waals surface area contributed by atoms with Crippen LogP contribution in [0.4, 0.5) is 0 Å². The highest BCUT2D eigenvalue weighted by molar-refractivity contribution is 5.97. The van der Waals surface area contributed by atoms with Crippen LogP contribution in [0.3, 0.4) is 0 Å². The first-order chi connectivity index (χ1) is 27.4. The summed E-state index contributed by atoms with van der Waals surface area (Å²) < 4.78 is 8.88. The molecular weight excluding hydrogens is 687 g/mol. The number of hydrogen-bond donors (Lipinski definition) is 0. The quantitative estimate of drug-likeness (QED) is 0.153. The lowest BCUT2D eigenvalue weighted by atomic mass is 9.82. The molecule has 0 N–H and O–H groups in total. The number of rotatable bonds is 7. The predicted molar refractivity (Wildman–Crippen MR) is 228 cm³/mol. The van der Waals surface area contributed by atoms with Crippen LogP contribution in [0.1, 0.15) is 36.2 Å².